The van der Waals surface area contributed by atoms with E-state index in [4.69, 9.17) is 5.73 Å². The van der Waals surface area contributed by atoms with E-state index < -0.39 is 15.9 Å². The molecule has 1 saturated heterocycles. The summed E-state index contributed by atoms with van der Waals surface area (Å²) in [6.07, 6.45) is 0.678. The molecule has 3 N–H and O–H groups in total. The lowest BCUT2D eigenvalue weighted by atomic mass is 10.2. The molecule has 1 aliphatic heterocycles. The van der Waals surface area contributed by atoms with Crippen molar-refractivity contribution in [2.45, 2.75) is 31.2 Å². The molecule has 116 valence electrons. The third-order valence-corrected chi connectivity index (χ3v) is 5.73. The first-order valence-electron chi connectivity index (χ1n) is 6.90. The molecule has 0 radical (unpaired) electrons. The van der Waals surface area contributed by atoms with Gasteiger partial charge in [-0.15, -0.1) is 0 Å². The van der Waals surface area contributed by atoms with Gasteiger partial charge < -0.3 is 11.1 Å². The predicted octanol–water partition coefficient (Wildman–Crippen LogP) is 0.141. The summed E-state index contributed by atoms with van der Waals surface area (Å²) in [7, 11) is -3.73. The van der Waals surface area contributed by atoms with Crippen LogP contribution in [0.2, 0.25) is 0 Å². The molecule has 0 bridgehead atoms. The lowest BCUT2D eigenvalue weighted by Gasteiger charge is -2.27. The van der Waals surface area contributed by atoms with Crippen molar-refractivity contribution in [1.29, 1.82) is 0 Å². The van der Waals surface area contributed by atoms with Gasteiger partial charge in [-0.05, 0) is 38.4 Å². The maximum atomic E-state index is 12.9. The van der Waals surface area contributed by atoms with Gasteiger partial charge in [-0.25, -0.2) is 8.42 Å². The highest BCUT2D eigenvalue weighted by Gasteiger charge is 2.34. The number of carbonyl (C=O) groups is 1. The molecular weight excluding hydrogens is 290 g/mol. The third kappa shape index (κ3) is 3.42. The van der Waals surface area contributed by atoms with E-state index in [9.17, 15) is 13.2 Å². The number of nitrogens with zero attached hydrogens (tertiary/aromatic N) is 1. The minimum atomic E-state index is -3.73. The quantitative estimate of drug-likeness (QED) is 0.809. The summed E-state index contributed by atoms with van der Waals surface area (Å²) in [5, 5.41) is 3.12. The number of carbonyl (C=O) groups excluding carboxylic acids is 1. The Hall–Kier alpha value is -1.44. The molecule has 1 fully saturated rings. The molecule has 0 aromatic heterocycles. The number of nitrogens with two attached hydrogens (primary N) is 1. The van der Waals surface area contributed by atoms with Crippen molar-refractivity contribution < 1.29 is 13.2 Å². The molecule has 1 heterocycles. The van der Waals surface area contributed by atoms with E-state index in [2.05, 4.69) is 5.32 Å². The number of nitrogens with one attached hydrogen (secondary N) is 1. The Morgan fingerprint density at radius 1 is 1.43 bits per heavy atom. The van der Waals surface area contributed by atoms with Gasteiger partial charge >= 0.3 is 0 Å². The van der Waals surface area contributed by atoms with Crippen molar-refractivity contribution in [1.82, 2.24) is 9.62 Å². The third-order valence-electron chi connectivity index (χ3n) is 3.67. The van der Waals surface area contributed by atoms with Gasteiger partial charge in [-0.2, -0.15) is 4.31 Å². The minimum Gasteiger partial charge on any atom is -0.369 e. The second-order valence-corrected chi connectivity index (χ2v) is 7.29. The maximum Gasteiger partial charge on any atom is 0.244 e. The zero-order valence-corrected chi connectivity index (χ0v) is 13.1. The monoisotopic (exact) mass is 311 g/mol. The molecule has 1 aromatic carbocycles. The van der Waals surface area contributed by atoms with Crippen LogP contribution in [0.1, 0.15) is 17.5 Å². The Kier molecular flexibility index (Phi) is 4.65. The van der Waals surface area contributed by atoms with Crippen LogP contribution in [0.15, 0.2) is 23.1 Å². The van der Waals surface area contributed by atoms with E-state index in [1.54, 1.807) is 19.1 Å². The molecule has 1 aliphatic rings. The van der Waals surface area contributed by atoms with Crippen molar-refractivity contribution in [2.24, 2.45) is 5.73 Å². The zero-order valence-electron chi connectivity index (χ0n) is 12.3. The lowest BCUT2D eigenvalue weighted by Crippen LogP contribution is -2.46. The second-order valence-electron chi connectivity index (χ2n) is 5.43. The van der Waals surface area contributed by atoms with Crippen LogP contribution in [0.4, 0.5) is 0 Å². The van der Waals surface area contributed by atoms with Crippen LogP contribution in [0, 0.1) is 13.8 Å². The van der Waals surface area contributed by atoms with Gasteiger partial charge in [0.2, 0.25) is 15.9 Å². The van der Waals surface area contributed by atoms with Crippen molar-refractivity contribution in [2.75, 3.05) is 19.6 Å². The summed E-state index contributed by atoms with van der Waals surface area (Å²) in [4.78, 5) is 11.5. The maximum absolute atomic E-state index is 12.9. The zero-order chi connectivity index (χ0) is 15.6. The van der Waals surface area contributed by atoms with Crippen LogP contribution in [-0.4, -0.2) is 44.3 Å². The van der Waals surface area contributed by atoms with E-state index in [0.717, 1.165) is 12.1 Å². The Morgan fingerprint density at radius 3 is 2.67 bits per heavy atom. The van der Waals surface area contributed by atoms with E-state index in [0.29, 0.717) is 18.5 Å². The van der Waals surface area contributed by atoms with Crippen molar-refractivity contribution in [3.05, 3.63) is 29.3 Å². The van der Waals surface area contributed by atoms with Gasteiger partial charge in [0.05, 0.1) is 11.4 Å². The van der Waals surface area contributed by atoms with Crippen LogP contribution in [-0.2, 0) is 14.8 Å². The summed E-state index contributed by atoms with van der Waals surface area (Å²) < 4.78 is 27.0. The number of aryl methyl sites for hydroxylation is 2. The summed E-state index contributed by atoms with van der Waals surface area (Å²) in [5.74, 6) is -0.643. The molecule has 7 heteroatoms. The Balaban J connectivity index is 2.43. The topological polar surface area (TPSA) is 92.5 Å². The number of hydrogen-bond acceptors (Lipinski definition) is 4. The largest absolute Gasteiger partial charge is 0.369 e. The minimum absolute atomic E-state index is 0.233. The number of sulfonamides is 1. The van der Waals surface area contributed by atoms with E-state index in [-0.39, 0.29) is 17.5 Å². The van der Waals surface area contributed by atoms with E-state index >= 15 is 0 Å². The van der Waals surface area contributed by atoms with E-state index in [1.807, 2.05) is 13.0 Å². The first kappa shape index (κ1) is 15.9. The van der Waals surface area contributed by atoms with Gasteiger partial charge in [-0.3, -0.25) is 4.79 Å². The van der Waals surface area contributed by atoms with Crippen LogP contribution < -0.4 is 11.1 Å². The first-order valence-corrected chi connectivity index (χ1v) is 8.34. The number of benzene rings is 1. The smallest absolute Gasteiger partial charge is 0.244 e. The number of primary amides is 1. The van der Waals surface area contributed by atoms with Gasteiger partial charge in [0.1, 0.15) is 0 Å². The molecule has 2 rings (SSSR count). The normalized spacial score (nSPS) is 19.1. The van der Waals surface area contributed by atoms with Crippen LogP contribution >= 0.6 is 0 Å². The molecule has 1 aromatic rings. The second kappa shape index (κ2) is 6.13. The fourth-order valence-electron chi connectivity index (χ4n) is 2.66. The average molecular weight is 311 g/mol. The lowest BCUT2D eigenvalue weighted by molar-refractivity contribution is -0.118. The average Bonchev–Trinajstić information content (AvgIpc) is 2.88. The number of amides is 1. The predicted molar refractivity (Wildman–Crippen MR) is 80.3 cm³/mol. The van der Waals surface area contributed by atoms with Gasteiger partial charge in [-0.1, -0.05) is 17.7 Å². The van der Waals surface area contributed by atoms with E-state index in [1.165, 1.54) is 4.31 Å². The molecule has 1 amide bonds. The number of rotatable bonds is 5. The van der Waals surface area contributed by atoms with Gasteiger partial charge in [0.15, 0.2) is 0 Å². The Bertz CT molecular complexity index is 637. The summed E-state index contributed by atoms with van der Waals surface area (Å²) in [6.45, 7) is 4.66. The van der Waals surface area contributed by atoms with Crippen LogP contribution in [0.3, 0.4) is 0 Å². The summed E-state index contributed by atoms with van der Waals surface area (Å²) in [5.41, 5.74) is 6.90. The molecule has 0 spiro atoms. The Morgan fingerprint density at radius 2 is 2.14 bits per heavy atom. The fourth-order valence-corrected chi connectivity index (χ4v) is 4.49. The van der Waals surface area contributed by atoms with Gasteiger partial charge in [0.25, 0.3) is 0 Å². The molecule has 0 saturated carbocycles. The molecule has 1 unspecified atom stereocenters. The molecule has 6 nitrogen and oxygen atoms in total. The molecule has 1 atom stereocenters. The number of hydrogen-bond donors (Lipinski definition) is 2. The summed E-state index contributed by atoms with van der Waals surface area (Å²) in [6, 6.07) is 4.94. The summed E-state index contributed by atoms with van der Waals surface area (Å²) >= 11 is 0. The standard InChI is InChI=1S/C14H21N3O3S/c1-10-3-4-13(11(2)7-10)21(19,20)17(9-14(15)18)12-5-6-16-8-12/h3-4,7,12,16H,5-6,8-9H2,1-2H3,(H2,15,18). The van der Waals surface area contributed by atoms with Crippen LogP contribution in [0.5, 0.6) is 0 Å². The van der Waals surface area contributed by atoms with Gasteiger partial charge in [0, 0.05) is 12.6 Å². The Labute approximate surface area is 125 Å². The first-order chi connectivity index (χ1) is 9.82. The molecule has 21 heavy (non-hydrogen) atoms. The van der Waals surface area contributed by atoms with Crippen molar-refractivity contribution in [3.8, 4) is 0 Å². The molecule has 0 aliphatic carbocycles. The highest BCUT2D eigenvalue weighted by Crippen LogP contribution is 2.24. The van der Waals surface area contributed by atoms with Crippen LogP contribution in [0.25, 0.3) is 0 Å². The van der Waals surface area contributed by atoms with Crippen molar-refractivity contribution in [3.63, 3.8) is 0 Å². The SMILES string of the molecule is Cc1ccc(S(=O)(=O)N(CC(N)=O)C2CCNC2)c(C)c1. The fraction of sp³-hybridized carbons (Fsp3) is 0.500. The molecular formula is C14H21N3O3S. The highest BCUT2D eigenvalue weighted by atomic mass is 32.2. The van der Waals surface area contributed by atoms with Crippen molar-refractivity contribution >= 4 is 15.9 Å². The highest BCUT2D eigenvalue weighted by molar-refractivity contribution is 7.89.